The van der Waals surface area contributed by atoms with Crippen molar-refractivity contribution >= 4 is 5.96 Å². The first-order valence-corrected chi connectivity index (χ1v) is 2.56. The van der Waals surface area contributed by atoms with Gasteiger partial charge >= 0.3 is 0 Å². The predicted octanol–water partition coefficient (Wildman–Crippen LogP) is -0.558. The van der Waals surface area contributed by atoms with Crippen LogP contribution in [0.25, 0.3) is 0 Å². The number of hydrogen-bond acceptors (Lipinski definition) is 2. The van der Waals surface area contributed by atoms with Crippen LogP contribution in [0.15, 0.2) is 4.99 Å². The van der Waals surface area contributed by atoms with Crippen LogP contribution < -0.4 is 11.2 Å². The van der Waals surface area contributed by atoms with E-state index in [-0.39, 0.29) is 5.96 Å². The summed E-state index contributed by atoms with van der Waals surface area (Å²) in [5, 5.41) is 8.11. The van der Waals surface area contributed by atoms with Gasteiger partial charge in [-0.05, 0) is 12.8 Å². The van der Waals surface area contributed by atoms with Crippen molar-refractivity contribution in [1.29, 1.82) is 0 Å². The van der Waals surface area contributed by atoms with Crippen LogP contribution in [0.5, 0.6) is 0 Å². The summed E-state index contributed by atoms with van der Waals surface area (Å²) in [6.07, 6.45) is 2.20. The van der Waals surface area contributed by atoms with E-state index in [0.29, 0.717) is 6.04 Å². The van der Waals surface area contributed by atoms with E-state index in [1.807, 2.05) is 0 Å². The quantitative estimate of drug-likeness (QED) is 0.244. The Kier molecular flexibility index (Phi) is 1.34. The lowest BCUT2D eigenvalue weighted by molar-refractivity contribution is 0.232. The molecule has 4 heteroatoms. The molecule has 4 N–H and O–H groups in total. The third-order valence-corrected chi connectivity index (χ3v) is 0.983. The van der Waals surface area contributed by atoms with Gasteiger partial charge in [-0.15, -0.1) is 0 Å². The molecule has 0 spiro atoms. The fraction of sp³-hybridized carbons (Fsp3) is 0.750. The van der Waals surface area contributed by atoms with Crippen molar-refractivity contribution < 1.29 is 5.21 Å². The van der Waals surface area contributed by atoms with E-state index in [1.165, 1.54) is 0 Å². The van der Waals surface area contributed by atoms with E-state index in [1.54, 1.807) is 5.48 Å². The Morgan fingerprint density at radius 1 is 1.75 bits per heavy atom. The highest BCUT2D eigenvalue weighted by atomic mass is 16.5. The number of nitrogens with one attached hydrogen (secondary N) is 1. The average Bonchev–Trinajstić information content (AvgIpc) is 2.50. The zero-order valence-corrected chi connectivity index (χ0v) is 4.46. The van der Waals surface area contributed by atoms with Gasteiger partial charge in [0.05, 0.1) is 6.04 Å². The van der Waals surface area contributed by atoms with Crippen LogP contribution in [-0.4, -0.2) is 17.2 Å². The molecule has 4 nitrogen and oxygen atoms in total. The molecule has 1 rings (SSSR count). The zero-order valence-electron chi connectivity index (χ0n) is 4.46. The van der Waals surface area contributed by atoms with Crippen LogP contribution in [-0.2, 0) is 0 Å². The molecule has 0 atom stereocenters. The Labute approximate surface area is 47.4 Å². The molecular weight excluding hydrogens is 106 g/mol. The molecule has 0 aromatic rings. The average molecular weight is 115 g/mol. The molecule has 1 fully saturated rings. The van der Waals surface area contributed by atoms with E-state index in [4.69, 9.17) is 10.9 Å². The van der Waals surface area contributed by atoms with Gasteiger partial charge in [0.25, 0.3) is 0 Å². The molecule has 0 aromatic carbocycles. The van der Waals surface area contributed by atoms with E-state index in [0.717, 1.165) is 12.8 Å². The van der Waals surface area contributed by atoms with Crippen molar-refractivity contribution in [2.75, 3.05) is 0 Å². The number of hydroxylamine groups is 1. The predicted molar refractivity (Wildman–Crippen MR) is 29.6 cm³/mol. The number of hydrogen-bond donors (Lipinski definition) is 3. The first kappa shape index (κ1) is 5.37. The van der Waals surface area contributed by atoms with Crippen LogP contribution >= 0.6 is 0 Å². The monoisotopic (exact) mass is 115 g/mol. The van der Waals surface area contributed by atoms with Gasteiger partial charge in [-0.1, -0.05) is 0 Å². The summed E-state index contributed by atoms with van der Waals surface area (Å²) in [6, 6.07) is 0.370. The molecule has 0 unspecified atom stereocenters. The molecule has 1 saturated carbocycles. The van der Waals surface area contributed by atoms with E-state index >= 15 is 0 Å². The van der Waals surface area contributed by atoms with Crippen molar-refractivity contribution in [3.63, 3.8) is 0 Å². The molecule has 0 aromatic heterocycles. The molecule has 8 heavy (non-hydrogen) atoms. The summed E-state index contributed by atoms with van der Waals surface area (Å²) in [5.41, 5.74) is 6.87. The summed E-state index contributed by atoms with van der Waals surface area (Å²) in [4.78, 5) is 3.84. The molecule has 46 valence electrons. The van der Waals surface area contributed by atoms with Crippen LogP contribution in [0.1, 0.15) is 12.8 Å². The number of aliphatic imine (C=N–C) groups is 1. The Hall–Kier alpha value is -0.770. The maximum absolute atomic E-state index is 8.11. The molecular formula is C4H9N3O. The topological polar surface area (TPSA) is 70.6 Å². The van der Waals surface area contributed by atoms with Crippen molar-refractivity contribution in [3.05, 3.63) is 0 Å². The molecule has 0 aliphatic heterocycles. The molecule has 0 amide bonds. The van der Waals surface area contributed by atoms with Crippen LogP contribution in [0.4, 0.5) is 0 Å². The van der Waals surface area contributed by atoms with Gasteiger partial charge < -0.3 is 5.73 Å². The summed E-state index contributed by atoms with van der Waals surface area (Å²) < 4.78 is 0. The summed E-state index contributed by atoms with van der Waals surface area (Å²) in [7, 11) is 0. The number of rotatable bonds is 1. The van der Waals surface area contributed by atoms with Crippen molar-refractivity contribution in [2.45, 2.75) is 18.9 Å². The van der Waals surface area contributed by atoms with E-state index < -0.39 is 0 Å². The highest BCUT2D eigenvalue weighted by Gasteiger charge is 2.20. The van der Waals surface area contributed by atoms with E-state index in [2.05, 4.69) is 4.99 Å². The Morgan fingerprint density at radius 2 is 2.38 bits per heavy atom. The minimum Gasteiger partial charge on any atom is -0.368 e. The van der Waals surface area contributed by atoms with Gasteiger partial charge in [0.1, 0.15) is 0 Å². The Balaban J connectivity index is 2.27. The molecule has 0 bridgehead atoms. The van der Waals surface area contributed by atoms with Gasteiger partial charge in [-0.2, -0.15) is 0 Å². The number of nitrogens with zero attached hydrogens (tertiary/aromatic N) is 1. The fourth-order valence-electron chi connectivity index (χ4n) is 0.429. The largest absolute Gasteiger partial charge is 0.368 e. The highest BCUT2D eigenvalue weighted by molar-refractivity contribution is 5.76. The Bertz CT molecular complexity index is 108. The third kappa shape index (κ3) is 1.38. The van der Waals surface area contributed by atoms with Crippen molar-refractivity contribution in [3.8, 4) is 0 Å². The zero-order chi connectivity index (χ0) is 5.98. The standard InChI is InChI=1S/C4H9N3O/c5-4(7-8)6-3-1-2-3/h3,8H,1-2H2,(H3,5,6,7). The van der Waals surface area contributed by atoms with Crippen LogP contribution in [0.3, 0.4) is 0 Å². The van der Waals surface area contributed by atoms with Crippen LogP contribution in [0.2, 0.25) is 0 Å². The van der Waals surface area contributed by atoms with Gasteiger partial charge in [0, 0.05) is 0 Å². The second-order valence-electron chi connectivity index (χ2n) is 1.86. The minimum absolute atomic E-state index is 0.118. The normalized spacial score (nSPS) is 20.9. The summed E-state index contributed by atoms with van der Waals surface area (Å²) in [6.45, 7) is 0. The molecule has 1 aliphatic carbocycles. The summed E-state index contributed by atoms with van der Waals surface area (Å²) >= 11 is 0. The lowest BCUT2D eigenvalue weighted by Gasteiger charge is -1.92. The molecule has 0 saturated heterocycles. The number of guanidine groups is 1. The first-order chi connectivity index (χ1) is 3.83. The van der Waals surface area contributed by atoms with Gasteiger partial charge in [0.2, 0.25) is 5.96 Å². The lowest BCUT2D eigenvalue weighted by atomic mass is 10.7. The van der Waals surface area contributed by atoms with Gasteiger partial charge in [-0.25, -0.2) is 10.5 Å². The molecule has 1 aliphatic rings. The van der Waals surface area contributed by atoms with Gasteiger partial charge in [-0.3, -0.25) is 5.21 Å². The summed E-state index contributed by atoms with van der Waals surface area (Å²) in [5.74, 6) is 0.118. The minimum atomic E-state index is 0.118. The number of nitrogens with two attached hydrogens (primary N) is 1. The van der Waals surface area contributed by atoms with Gasteiger partial charge in [0.15, 0.2) is 0 Å². The first-order valence-electron chi connectivity index (χ1n) is 2.56. The van der Waals surface area contributed by atoms with E-state index in [9.17, 15) is 0 Å². The second kappa shape index (κ2) is 2.00. The second-order valence-corrected chi connectivity index (χ2v) is 1.86. The Morgan fingerprint density at radius 3 is 2.75 bits per heavy atom. The molecule has 0 radical (unpaired) electrons. The fourth-order valence-corrected chi connectivity index (χ4v) is 0.429. The maximum atomic E-state index is 8.11. The van der Waals surface area contributed by atoms with Crippen LogP contribution in [0, 0.1) is 0 Å². The molecule has 0 heterocycles. The van der Waals surface area contributed by atoms with Crippen molar-refractivity contribution in [1.82, 2.24) is 5.48 Å². The third-order valence-electron chi connectivity index (χ3n) is 0.983. The lowest BCUT2D eigenvalue weighted by Crippen LogP contribution is -2.28. The van der Waals surface area contributed by atoms with Crippen molar-refractivity contribution in [2.24, 2.45) is 10.7 Å². The highest BCUT2D eigenvalue weighted by Crippen LogP contribution is 2.22. The maximum Gasteiger partial charge on any atom is 0.213 e. The smallest absolute Gasteiger partial charge is 0.213 e. The SMILES string of the molecule is NC(=NC1CC1)NO.